The van der Waals surface area contributed by atoms with E-state index in [-0.39, 0.29) is 24.6 Å². The number of para-hydroxylation sites is 2. The molecule has 7 nitrogen and oxygen atoms in total. The molecule has 0 aliphatic rings. The predicted molar refractivity (Wildman–Crippen MR) is 118 cm³/mol. The largest absolute Gasteiger partial charge is 0.352 e. The summed E-state index contributed by atoms with van der Waals surface area (Å²) in [4.78, 5) is 23.2. The van der Waals surface area contributed by atoms with E-state index in [2.05, 4.69) is 5.32 Å². The first-order valence-corrected chi connectivity index (χ1v) is 9.80. The summed E-state index contributed by atoms with van der Waals surface area (Å²) in [6.45, 7) is 0.260. The third-order valence-electron chi connectivity index (χ3n) is 4.87. The summed E-state index contributed by atoms with van der Waals surface area (Å²) >= 11 is 0. The number of nitro groups is 1. The van der Waals surface area contributed by atoms with Gasteiger partial charge < -0.3 is 5.32 Å². The van der Waals surface area contributed by atoms with Crippen LogP contribution in [-0.4, -0.2) is 20.6 Å². The van der Waals surface area contributed by atoms with Gasteiger partial charge in [0.05, 0.1) is 22.7 Å². The fourth-order valence-electron chi connectivity index (χ4n) is 3.36. The number of benzene rings is 3. The molecule has 1 N–H and O–H groups in total. The minimum Gasteiger partial charge on any atom is -0.352 e. The minimum atomic E-state index is -0.472. The van der Waals surface area contributed by atoms with Gasteiger partial charge in [-0.25, -0.2) is 4.68 Å². The summed E-state index contributed by atoms with van der Waals surface area (Å²) in [6, 6.07) is 25.8. The monoisotopic (exact) mass is 412 g/mol. The summed E-state index contributed by atoms with van der Waals surface area (Å²) in [5, 5.41) is 18.8. The van der Waals surface area contributed by atoms with Crippen molar-refractivity contribution in [3.8, 4) is 16.9 Å². The van der Waals surface area contributed by atoms with E-state index in [1.54, 1.807) is 22.9 Å². The van der Waals surface area contributed by atoms with E-state index >= 15 is 0 Å². The molecule has 7 heteroatoms. The van der Waals surface area contributed by atoms with Crippen molar-refractivity contribution in [1.82, 2.24) is 15.1 Å². The van der Waals surface area contributed by atoms with Gasteiger partial charge in [-0.1, -0.05) is 66.7 Å². The van der Waals surface area contributed by atoms with Crippen LogP contribution in [0.1, 0.15) is 11.1 Å². The molecule has 0 bridgehead atoms. The molecular formula is C24H20N4O3. The highest BCUT2D eigenvalue weighted by Gasteiger charge is 2.17. The molecule has 1 heterocycles. The molecule has 0 aliphatic heterocycles. The third kappa shape index (κ3) is 4.67. The summed E-state index contributed by atoms with van der Waals surface area (Å²) in [7, 11) is 0. The number of hydrogen-bond donors (Lipinski definition) is 1. The molecule has 0 radical (unpaired) electrons. The molecule has 0 atom stereocenters. The van der Waals surface area contributed by atoms with Gasteiger partial charge in [0.15, 0.2) is 0 Å². The summed E-state index contributed by atoms with van der Waals surface area (Å²) in [6.07, 6.45) is 1.83. The molecule has 154 valence electrons. The second kappa shape index (κ2) is 9.04. The fraction of sp³-hybridized carbons (Fsp3) is 0.0833. The molecule has 0 fully saturated rings. The van der Waals surface area contributed by atoms with Gasteiger partial charge in [0, 0.05) is 35.5 Å². The first-order chi connectivity index (χ1) is 15.1. The Kier molecular flexibility index (Phi) is 5.84. The molecular weight excluding hydrogens is 392 g/mol. The number of nitro benzene ring substituents is 1. The Morgan fingerprint density at radius 2 is 1.55 bits per heavy atom. The van der Waals surface area contributed by atoms with Gasteiger partial charge in [0.2, 0.25) is 5.91 Å². The van der Waals surface area contributed by atoms with E-state index in [1.165, 1.54) is 6.07 Å². The SMILES string of the molecule is O=C(Cc1ccccc1[N+](=O)[O-])NCc1cn(-c2ccccc2)nc1-c1ccccc1. The molecule has 0 saturated carbocycles. The number of nitrogens with one attached hydrogen (secondary N) is 1. The Hall–Kier alpha value is -4.26. The first kappa shape index (κ1) is 20.0. The Morgan fingerprint density at radius 1 is 0.903 bits per heavy atom. The lowest BCUT2D eigenvalue weighted by atomic mass is 10.1. The maximum Gasteiger partial charge on any atom is 0.273 e. The lowest BCUT2D eigenvalue weighted by molar-refractivity contribution is -0.385. The average Bonchev–Trinajstić information content (AvgIpc) is 3.23. The Balaban J connectivity index is 1.56. The van der Waals surface area contributed by atoms with E-state index in [0.717, 1.165) is 22.5 Å². The van der Waals surface area contributed by atoms with E-state index in [4.69, 9.17) is 5.10 Å². The lowest BCUT2D eigenvalue weighted by Crippen LogP contribution is -2.25. The fourth-order valence-corrected chi connectivity index (χ4v) is 3.36. The second-order valence-corrected chi connectivity index (χ2v) is 6.99. The molecule has 1 amide bonds. The number of aromatic nitrogens is 2. The molecule has 4 rings (SSSR count). The Bertz CT molecular complexity index is 1200. The standard InChI is InChI=1S/C24H20N4O3/c29-23(15-19-11-7-8-14-22(19)28(30)31)25-16-20-17-27(21-12-5-2-6-13-21)26-24(20)18-9-3-1-4-10-18/h1-14,17H,15-16H2,(H,25,29). The summed E-state index contributed by atoms with van der Waals surface area (Å²) in [5.41, 5.74) is 3.81. The Morgan fingerprint density at radius 3 is 2.26 bits per heavy atom. The number of hydrogen-bond acceptors (Lipinski definition) is 4. The molecule has 0 saturated heterocycles. The van der Waals surface area contributed by atoms with Crippen LogP contribution in [0.5, 0.6) is 0 Å². The molecule has 1 aromatic heterocycles. The number of carbonyl (C=O) groups excluding carboxylic acids is 1. The number of nitrogens with zero attached hydrogens (tertiary/aromatic N) is 3. The normalized spacial score (nSPS) is 10.6. The van der Waals surface area contributed by atoms with Crippen LogP contribution in [0.2, 0.25) is 0 Å². The van der Waals surface area contributed by atoms with Crippen LogP contribution in [0.15, 0.2) is 91.1 Å². The molecule has 0 spiro atoms. The van der Waals surface area contributed by atoms with Crippen molar-refractivity contribution < 1.29 is 9.72 Å². The predicted octanol–water partition coefficient (Wildman–Crippen LogP) is 4.31. The van der Waals surface area contributed by atoms with E-state index < -0.39 is 4.92 Å². The van der Waals surface area contributed by atoms with Crippen molar-refractivity contribution in [3.05, 3.63) is 112 Å². The van der Waals surface area contributed by atoms with Crippen molar-refractivity contribution in [2.24, 2.45) is 0 Å². The van der Waals surface area contributed by atoms with E-state index in [9.17, 15) is 14.9 Å². The number of rotatable bonds is 7. The Labute approximate surface area is 179 Å². The second-order valence-electron chi connectivity index (χ2n) is 6.99. The molecule has 0 aliphatic carbocycles. The van der Waals surface area contributed by atoms with E-state index in [0.29, 0.717) is 5.56 Å². The third-order valence-corrected chi connectivity index (χ3v) is 4.87. The molecule has 31 heavy (non-hydrogen) atoms. The van der Waals surface area contributed by atoms with Gasteiger partial charge in [0.25, 0.3) is 5.69 Å². The number of amides is 1. The van der Waals surface area contributed by atoms with Crippen LogP contribution in [0.25, 0.3) is 16.9 Å². The molecule has 0 unspecified atom stereocenters. The highest BCUT2D eigenvalue weighted by molar-refractivity contribution is 5.80. The highest BCUT2D eigenvalue weighted by Crippen LogP contribution is 2.24. The van der Waals surface area contributed by atoms with Crippen LogP contribution < -0.4 is 5.32 Å². The minimum absolute atomic E-state index is 0.0560. The first-order valence-electron chi connectivity index (χ1n) is 9.80. The van der Waals surface area contributed by atoms with E-state index in [1.807, 2.05) is 66.9 Å². The van der Waals surface area contributed by atoms with Crippen molar-refractivity contribution in [1.29, 1.82) is 0 Å². The summed E-state index contributed by atoms with van der Waals surface area (Å²) < 4.78 is 1.78. The van der Waals surface area contributed by atoms with Gasteiger partial charge in [0.1, 0.15) is 0 Å². The van der Waals surface area contributed by atoms with Crippen LogP contribution in [0.3, 0.4) is 0 Å². The van der Waals surface area contributed by atoms with Gasteiger partial charge in [-0.15, -0.1) is 0 Å². The van der Waals surface area contributed by atoms with Crippen LogP contribution in [0, 0.1) is 10.1 Å². The lowest BCUT2D eigenvalue weighted by Gasteiger charge is -2.06. The quantitative estimate of drug-likeness (QED) is 0.362. The zero-order valence-electron chi connectivity index (χ0n) is 16.6. The van der Waals surface area contributed by atoms with Crippen LogP contribution in [0.4, 0.5) is 5.69 Å². The van der Waals surface area contributed by atoms with Crippen molar-refractivity contribution >= 4 is 11.6 Å². The van der Waals surface area contributed by atoms with Crippen LogP contribution >= 0.6 is 0 Å². The summed E-state index contributed by atoms with van der Waals surface area (Å²) in [5.74, 6) is -0.291. The topological polar surface area (TPSA) is 90.1 Å². The molecule has 4 aromatic rings. The van der Waals surface area contributed by atoms with Gasteiger partial charge in [-0.05, 0) is 12.1 Å². The number of carbonyl (C=O) groups is 1. The zero-order chi connectivity index (χ0) is 21.6. The van der Waals surface area contributed by atoms with Crippen molar-refractivity contribution in [2.45, 2.75) is 13.0 Å². The van der Waals surface area contributed by atoms with Crippen molar-refractivity contribution in [2.75, 3.05) is 0 Å². The smallest absolute Gasteiger partial charge is 0.273 e. The maximum absolute atomic E-state index is 12.5. The maximum atomic E-state index is 12.5. The van der Waals surface area contributed by atoms with Crippen LogP contribution in [-0.2, 0) is 17.8 Å². The van der Waals surface area contributed by atoms with Crippen molar-refractivity contribution in [3.63, 3.8) is 0 Å². The van der Waals surface area contributed by atoms with Gasteiger partial charge in [-0.2, -0.15) is 5.10 Å². The zero-order valence-corrected chi connectivity index (χ0v) is 16.6. The average molecular weight is 412 g/mol. The molecule has 3 aromatic carbocycles. The van der Waals surface area contributed by atoms with Gasteiger partial charge in [-0.3, -0.25) is 14.9 Å². The highest BCUT2D eigenvalue weighted by atomic mass is 16.6. The van der Waals surface area contributed by atoms with Gasteiger partial charge >= 0.3 is 0 Å².